The monoisotopic (exact) mass is 419 g/mol. The Morgan fingerprint density at radius 3 is 2.63 bits per heavy atom. The largest absolute Gasteiger partial charge is 0.369 e. The van der Waals surface area contributed by atoms with Gasteiger partial charge in [0.15, 0.2) is 5.82 Å². The van der Waals surface area contributed by atoms with Crippen molar-refractivity contribution in [3.05, 3.63) is 64.7 Å². The van der Waals surface area contributed by atoms with Gasteiger partial charge in [-0.05, 0) is 42.9 Å². The second-order valence-electron chi connectivity index (χ2n) is 7.18. The molecule has 2 heterocycles. The predicted octanol–water partition coefficient (Wildman–Crippen LogP) is 4.18. The molecule has 8 heteroatoms. The molecule has 2 aromatic carbocycles. The number of benzene rings is 2. The van der Waals surface area contributed by atoms with Gasteiger partial charge in [0, 0.05) is 48.8 Å². The van der Waals surface area contributed by atoms with E-state index in [2.05, 4.69) is 55.6 Å². The Morgan fingerprint density at radius 1 is 1.17 bits per heavy atom. The number of aromatic nitrogens is 2. The number of hydrogen-bond acceptors (Lipinski definition) is 6. The minimum absolute atomic E-state index is 0.338. The van der Waals surface area contributed by atoms with E-state index < -0.39 is 0 Å². The summed E-state index contributed by atoms with van der Waals surface area (Å²) in [7, 11) is 2.15. The number of halogens is 1. The van der Waals surface area contributed by atoms with E-state index in [9.17, 15) is 5.26 Å². The van der Waals surface area contributed by atoms with Crippen LogP contribution in [-0.2, 0) is 0 Å². The van der Waals surface area contributed by atoms with Crippen LogP contribution in [0.3, 0.4) is 0 Å². The number of aromatic amines is 1. The number of nitrogens with one attached hydrogen (secondary N) is 2. The zero-order valence-corrected chi connectivity index (χ0v) is 17.4. The number of nitriles is 1. The third-order valence-electron chi connectivity index (χ3n) is 5.05. The fourth-order valence-corrected chi connectivity index (χ4v) is 3.49. The molecule has 4 rings (SSSR count). The first-order valence-corrected chi connectivity index (χ1v) is 10.1. The van der Waals surface area contributed by atoms with Crippen LogP contribution >= 0.6 is 11.6 Å². The smallest absolute Gasteiger partial charge is 0.193 e. The molecule has 2 N–H and O–H groups in total. The SMILES string of the molecule is CN1CCN(c2ccc(C=Nc3n[nH]c(Nc4cccc(Cl)c4)c3C#N)cc2)CC1. The maximum Gasteiger partial charge on any atom is 0.193 e. The summed E-state index contributed by atoms with van der Waals surface area (Å²) in [6.07, 6.45) is 1.72. The van der Waals surface area contributed by atoms with E-state index in [1.807, 2.05) is 24.3 Å². The molecule has 152 valence electrons. The van der Waals surface area contributed by atoms with E-state index in [0.717, 1.165) is 37.4 Å². The molecule has 0 radical (unpaired) electrons. The molecule has 1 aromatic heterocycles. The van der Waals surface area contributed by atoms with Gasteiger partial charge >= 0.3 is 0 Å². The summed E-state index contributed by atoms with van der Waals surface area (Å²) in [5.41, 5.74) is 3.27. The van der Waals surface area contributed by atoms with Gasteiger partial charge in [-0.2, -0.15) is 10.4 Å². The Bertz CT molecular complexity index is 1070. The molecule has 1 aliphatic heterocycles. The third kappa shape index (κ3) is 4.62. The lowest BCUT2D eigenvalue weighted by Gasteiger charge is -2.34. The summed E-state index contributed by atoms with van der Waals surface area (Å²) >= 11 is 6.02. The molecule has 1 fully saturated rings. The minimum atomic E-state index is 0.338. The van der Waals surface area contributed by atoms with Crippen LogP contribution in [0.1, 0.15) is 11.1 Å². The summed E-state index contributed by atoms with van der Waals surface area (Å²) in [5.74, 6) is 0.822. The van der Waals surface area contributed by atoms with Gasteiger partial charge in [-0.3, -0.25) is 5.10 Å². The standard InChI is InChI=1S/C22H22ClN7/c1-29-9-11-30(12-10-29)19-7-5-16(6-8-19)15-25-21-20(14-24)22(28-27-21)26-18-4-2-3-17(23)13-18/h2-8,13,15H,9-12H2,1H3,(H2,26,27,28). The van der Waals surface area contributed by atoms with E-state index in [-0.39, 0.29) is 0 Å². The lowest BCUT2D eigenvalue weighted by atomic mass is 10.2. The molecule has 30 heavy (non-hydrogen) atoms. The van der Waals surface area contributed by atoms with Crippen molar-refractivity contribution in [3.63, 3.8) is 0 Å². The fourth-order valence-electron chi connectivity index (χ4n) is 3.30. The van der Waals surface area contributed by atoms with Crippen LogP contribution in [0.15, 0.2) is 53.5 Å². The van der Waals surface area contributed by atoms with Crippen LogP contribution in [-0.4, -0.2) is 54.5 Å². The molecule has 3 aromatic rings. The van der Waals surface area contributed by atoms with Crippen molar-refractivity contribution in [1.29, 1.82) is 5.26 Å². The summed E-state index contributed by atoms with van der Waals surface area (Å²) < 4.78 is 0. The number of rotatable bonds is 5. The molecule has 0 bridgehead atoms. The van der Waals surface area contributed by atoms with Gasteiger partial charge in [-0.15, -0.1) is 0 Å². The van der Waals surface area contributed by atoms with Gasteiger partial charge in [0.05, 0.1) is 0 Å². The van der Waals surface area contributed by atoms with E-state index in [1.165, 1.54) is 5.69 Å². The first kappa shape index (κ1) is 20.0. The molecule has 0 aliphatic carbocycles. The van der Waals surface area contributed by atoms with Gasteiger partial charge in [-0.25, -0.2) is 4.99 Å². The average Bonchev–Trinajstić information content (AvgIpc) is 3.14. The number of nitrogens with zero attached hydrogens (tertiary/aromatic N) is 5. The maximum atomic E-state index is 9.56. The lowest BCUT2D eigenvalue weighted by molar-refractivity contribution is 0.313. The van der Waals surface area contributed by atoms with Crippen LogP contribution in [0.5, 0.6) is 0 Å². The van der Waals surface area contributed by atoms with Crippen LogP contribution in [0.2, 0.25) is 5.02 Å². The Balaban J connectivity index is 1.46. The third-order valence-corrected chi connectivity index (χ3v) is 5.29. The topological polar surface area (TPSA) is 83.3 Å². The first-order valence-electron chi connectivity index (χ1n) is 9.71. The summed E-state index contributed by atoms with van der Waals surface area (Å²) in [6.45, 7) is 4.21. The van der Waals surface area contributed by atoms with Crippen molar-refractivity contribution in [2.24, 2.45) is 4.99 Å². The summed E-state index contributed by atoms with van der Waals surface area (Å²) in [4.78, 5) is 9.13. The van der Waals surface area contributed by atoms with Gasteiger partial charge < -0.3 is 15.1 Å². The number of hydrogen-bond donors (Lipinski definition) is 2. The normalized spacial score (nSPS) is 14.8. The van der Waals surface area contributed by atoms with Crippen molar-refractivity contribution >= 4 is 40.8 Å². The Hall–Kier alpha value is -3.34. The quantitative estimate of drug-likeness (QED) is 0.606. The van der Waals surface area contributed by atoms with Crippen LogP contribution in [0.25, 0.3) is 0 Å². The molecular formula is C22H22ClN7. The lowest BCUT2D eigenvalue weighted by Crippen LogP contribution is -2.44. The fraction of sp³-hybridized carbons (Fsp3) is 0.227. The second kappa shape index (κ2) is 8.99. The molecule has 0 unspecified atom stereocenters. The zero-order chi connectivity index (χ0) is 20.9. The molecule has 0 spiro atoms. The van der Waals surface area contributed by atoms with E-state index in [1.54, 1.807) is 18.3 Å². The van der Waals surface area contributed by atoms with Crippen molar-refractivity contribution in [3.8, 4) is 6.07 Å². The Kier molecular flexibility index (Phi) is 5.98. The zero-order valence-electron chi connectivity index (χ0n) is 16.6. The predicted molar refractivity (Wildman–Crippen MR) is 121 cm³/mol. The molecule has 1 saturated heterocycles. The van der Waals surface area contributed by atoms with Gasteiger partial charge in [0.2, 0.25) is 0 Å². The van der Waals surface area contributed by atoms with Gasteiger partial charge in [0.25, 0.3) is 0 Å². The van der Waals surface area contributed by atoms with Crippen molar-refractivity contribution in [2.45, 2.75) is 0 Å². The number of piperazine rings is 1. The maximum absolute atomic E-state index is 9.56. The molecule has 7 nitrogen and oxygen atoms in total. The minimum Gasteiger partial charge on any atom is -0.369 e. The average molecular weight is 420 g/mol. The van der Waals surface area contributed by atoms with Crippen molar-refractivity contribution in [1.82, 2.24) is 15.1 Å². The Morgan fingerprint density at radius 2 is 1.93 bits per heavy atom. The van der Waals surface area contributed by atoms with Crippen molar-refractivity contribution in [2.75, 3.05) is 43.4 Å². The first-order chi connectivity index (χ1) is 14.6. The highest BCUT2D eigenvalue weighted by atomic mass is 35.5. The molecule has 0 saturated carbocycles. The number of likely N-dealkylation sites (N-methyl/N-ethyl adjacent to an activating group) is 1. The highest BCUT2D eigenvalue weighted by molar-refractivity contribution is 6.30. The van der Waals surface area contributed by atoms with E-state index in [4.69, 9.17) is 11.6 Å². The molecular weight excluding hydrogens is 398 g/mol. The molecule has 0 amide bonds. The van der Waals surface area contributed by atoms with Gasteiger partial charge in [-0.1, -0.05) is 29.8 Å². The van der Waals surface area contributed by atoms with Crippen molar-refractivity contribution < 1.29 is 0 Å². The Labute approximate surface area is 180 Å². The highest BCUT2D eigenvalue weighted by Gasteiger charge is 2.14. The van der Waals surface area contributed by atoms with Crippen LogP contribution in [0.4, 0.5) is 23.0 Å². The molecule has 1 aliphatic rings. The number of H-pyrrole nitrogens is 1. The van der Waals surface area contributed by atoms with Crippen LogP contribution in [0, 0.1) is 11.3 Å². The van der Waals surface area contributed by atoms with Gasteiger partial charge in [0.1, 0.15) is 17.5 Å². The highest BCUT2D eigenvalue weighted by Crippen LogP contribution is 2.27. The van der Waals surface area contributed by atoms with Crippen LogP contribution < -0.4 is 10.2 Å². The van der Waals surface area contributed by atoms with E-state index >= 15 is 0 Å². The van der Waals surface area contributed by atoms with E-state index in [0.29, 0.717) is 22.2 Å². The second-order valence-corrected chi connectivity index (χ2v) is 7.62. The molecule has 0 atom stereocenters. The summed E-state index contributed by atoms with van der Waals surface area (Å²) in [5, 5.41) is 20.3. The number of anilines is 3. The summed E-state index contributed by atoms with van der Waals surface area (Å²) in [6, 6.07) is 17.7. The number of aliphatic imine (C=N–C) groups is 1.